The Kier molecular flexibility index (Phi) is 7.82. The fraction of sp³-hybridized carbons (Fsp3) is 0.200. The third-order valence-electron chi connectivity index (χ3n) is 5.65. The van der Waals surface area contributed by atoms with Gasteiger partial charge in [-0.05, 0) is 67.4 Å². The van der Waals surface area contributed by atoms with E-state index in [0.29, 0.717) is 25.2 Å². The van der Waals surface area contributed by atoms with Gasteiger partial charge in [0.15, 0.2) is 0 Å². The zero-order valence-electron chi connectivity index (χ0n) is 19.5. The van der Waals surface area contributed by atoms with Crippen LogP contribution in [0.2, 0.25) is 10.0 Å². The molecule has 2 N–H and O–H groups in total. The molecule has 0 radical (unpaired) electrons. The Morgan fingerprint density at radius 3 is 2.54 bits per heavy atom. The summed E-state index contributed by atoms with van der Waals surface area (Å²) in [6, 6.07) is 12.8. The van der Waals surface area contributed by atoms with Gasteiger partial charge >= 0.3 is 5.97 Å². The fourth-order valence-electron chi connectivity index (χ4n) is 3.83. The lowest BCUT2D eigenvalue weighted by atomic mass is 10.1. The van der Waals surface area contributed by atoms with Gasteiger partial charge in [-0.3, -0.25) is 9.10 Å². The van der Waals surface area contributed by atoms with Crippen LogP contribution in [0.5, 0.6) is 11.5 Å². The minimum Gasteiger partial charge on any atom is -0.495 e. The van der Waals surface area contributed by atoms with E-state index < -0.39 is 21.9 Å². The van der Waals surface area contributed by atoms with Crippen molar-refractivity contribution in [2.75, 3.05) is 29.9 Å². The summed E-state index contributed by atoms with van der Waals surface area (Å²) in [5.74, 6) is -1.32. The minimum atomic E-state index is -4.16. The highest BCUT2D eigenvalue weighted by Gasteiger charge is 2.32. The van der Waals surface area contributed by atoms with Crippen LogP contribution in [-0.4, -0.2) is 45.7 Å². The Balaban J connectivity index is 1.73. The first kappa shape index (κ1) is 26.6. The number of benzene rings is 3. The monoisotopic (exact) mass is 564 g/mol. The summed E-state index contributed by atoms with van der Waals surface area (Å²) in [7, 11) is -2.80. The molecule has 3 aromatic rings. The molecule has 0 atom stereocenters. The van der Waals surface area contributed by atoms with Gasteiger partial charge in [0.1, 0.15) is 16.4 Å². The van der Waals surface area contributed by atoms with Crippen LogP contribution in [0.25, 0.3) is 0 Å². The number of anilines is 2. The lowest BCUT2D eigenvalue weighted by molar-refractivity contribution is 0.0697. The Hall–Kier alpha value is -3.47. The third kappa shape index (κ3) is 5.61. The van der Waals surface area contributed by atoms with E-state index in [1.165, 1.54) is 66.0 Å². The molecule has 1 amide bonds. The highest BCUT2D eigenvalue weighted by atomic mass is 35.5. The fourth-order valence-corrected chi connectivity index (χ4v) is 6.01. The lowest BCUT2D eigenvalue weighted by Crippen LogP contribution is -2.34. The molecule has 4 rings (SSSR count). The Morgan fingerprint density at radius 2 is 1.84 bits per heavy atom. The van der Waals surface area contributed by atoms with E-state index in [2.05, 4.69) is 5.32 Å². The highest BCUT2D eigenvalue weighted by Crippen LogP contribution is 2.38. The van der Waals surface area contributed by atoms with Crippen LogP contribution >= 0.6 is 23.2 Å². The van der Waals surface area contributed by atoms with E-state index in [9.17, 15) is 18.0 Å². The number of aromatic carboxylic acids is 1. The zero-order valence-corrected chi connectivity index (χ0v) is 21.9. The second kappa shape index (κ2) is 10.9. The average molecular weight is 565 g/mol. The summed E-state index contributed by atoms with van der Waals surface area (Å²) < 4.78 is 39.9. The Bertz CT molecular complexity index is 1480. The van der Waals surface area contributed by atoms with Gasteiger partial charge in [-0.1, -0.05) is 23.2 Å². The average Bonchev–Trinajstić information content (AvgIpc) is 2.84. The summed E-state index contributed by atoms with van der Waals surface area (Å²) in [5.41, 5.74) is 0.514. The van der Waals surface area contributed by atoms with Crippen LogP contribution in [0.1, 0.15) is 33.6 Å². The first-order valence-corrected chi connectivity index (χ1v) is 13.3. The number of nitrogens with zero attached hydrogens (tertiary/aromatic N) is 1. The van der Waals surface area contributed by atoms with Crippen molar-refractivity contribution in [2.24, 2.45) is 0 Å². The quantitative estimate of drug-likeness (QED) is 0.415. The SMILES string of the molecule is COc1ccc(Cl)cc1S(=O)(=O)N1CCCCOc2ccc(C(=O)Nc3ccc(C(=O)O)c(Cl)c3)cc21. The molecule has 0 saturated carbocycles. The normalized spacial score (nSPS) is 13.5. The minimum absolute atomic E-state index is 0.0374. The van der Waals surface area contributed by atoms with E-state index in [4.69, 9.17) is 37.8 Å². The van der Waals surface area contributed by atoms with Crippen LogP contribution in [0.4, 0.5) is 11.4 Å². The van der Waals surface area contributed by atoms with Gasteiger partial charge in [-0.25, -0.2) is 13.2 Å². The van der Waals surface area contributed by atoms with Gasteiger partial charge < -0.3 is 19.9 Å². The molecule has 1 aliphatic heterocycles. The second-order valence-electron chi connectivity index (χ2n) is 8.06. The number of hydrogen-bond donors (Lipinski definition) is 2. The molecule has 3 aromatic carbocycles. The summed E-state index contributed by atoms with van der Waals surface area (Å²) in [6.07, 6.45) is 1.15. The molecular weight excluding hydrogens is 543 g/mol. The number of carboxylic acid groups (broad SMARTS) is 1. The zero-order chi connectivity index (χ0) is 26.7. The molecule has 0 bridgehead atoms. The van der Waals surface area contributed by atoms with Crippen molar-refractivity contribution in [3.05, 3.63) is 75.8 Å². The van der Waals surface area contributed by atoms with E-state index in [1.807, 2.05) is 0 Å². The molecule has 9 nitrogen and oxygen atoms in total. The van der Waals surface area contributed by atoms with Crippen molar-refractivity contribution in [1.29, 1.82) is 0 Å². The Morgan fingerprint density at radius 1 is 1.05 bits per heavy atom. The number of hydrogen-bond acceptors (Lipinski definition) is 6. The van der Waals surface area contributed by atoms with Crippen molar-refractivity contribution in [3.8, 4) is 11.5 Å². The largest absolute Gasteiger partial charge is 0.495 e. The Labute approximate surface area is 223 Å². The number of halogens is 2. The van der Waals surface area contributed by atoms with Crippen LogP contribution < -0.4 is 19.1 Å². The van der Waals surface area contributed by atoms with Gasteiger partial charge in [0.25, 0.3) is 15.9 Å². The van der Waals surface area contributed by atoms with Gasteiger partial charge in [0, 0.05) is 22.8 Å². The molecule has 0 unspecified atom stereocenters. The van der Waals surface area contributed by atoms with Crippen molar-refractivity contribution < 1.29 is 32.6 Å². The predicted molar refractivity (Wildman–Crippen MR) is 140 cm³/mol. The number of rotatable bonds is 6. The van der Waals surface area contributed by atoms with Crippen LogP contribution in [0.3, 0.4) is 0 Å². The van der Waals surface area contributed by atoms with E-state index in [-0.39, 0.29) is 49.7 Å². The number of carbonyl (C=O) groups is 2. The molecule has 0 fully saturated rings. The van der Waals surface area contributed by atoms with Crippen LogP contribution in [0.15, 0.2) is 59.5 Å². The molecule has 1 heterocycles. The molecule has 1 aliphatic rings. The topological polar surface area (TPSA) is 122 Å². The molecule has 12 heteroatoms. The second-order valence-corrected chi connectivity index (χ2v) is 10.7. The maximum absolute atomic E-state index is 13.8. The highest BCUT2D eigenvalue weighted by molar-refractivity contribution is 7.93. The van der Waals surface area contributed by atoms with Crippen molar-refractivity contribution in [2.45, 2.75) is 17.7 Å². The molecule has 0 spiro atoms. The number of methoxy groups -OCH3 is 1. The number of ether oxygens (including phenoxy) is 2. The number of amides is 1. The standard InChI is InChI=1S/C25H22Cl2N2O7S/c1-35-22-9-5-16(26)13-23(22)37(33,34)29-10-2-3-11-36-21-8-4-15(12-20(21)29)24(30)28-17-6-7-18(25(31)32)19(27)14-17/h4-9,12-14H,2-3,10-11H2,1H3,(H,28,30)(H,31,32). The first-order chi connectivity index (χ1) is 17.6. The molecule has 194 valence electrons. The number of carboxylic acids is 1. The molecule has 0 aromatic heterocycles. The van der Waals surface area contributed by atoms with E-state index in [1.54, 1.807) is 0 Å². The van der Waals surface area contributed by atoms with Crippen molar-refractivity contribution in [3.63, 3.8) is 0 Å². The molecule has 0 aliphatic carbocycles. The smallest absolute Gasteiger partial charge is 0.337 e. The summed E-state index contributed by atoms with van der Waals surface area (Å²) in [5, 5.41) is 12.0. The molecule has 0 saturated heterocycles. The lowest BCUT2D eigenvalue weighted by Gasteiger charge is -2.29. The summed E-state index contributed by atoms with van der Waals surface area (Å²) in [4.78, 5) is 24.1. The van der Waals surface area contributed by atoms with Gasteiger partial charge in [-0.15, -0.1) is 0 Å². The van der Waals surface area contributed by atoms with Gasteiger partial charge in [0.05, 0.1) is 30.0 Å². The van der Waals surface area contributed by atoms with E-state index >= 15 is 0 Å². The van der Waals surface area contributed by atoms with Gasteiger partial charge in [-0.2, -0.15) is 0 Å². The summed E-state index contributed by atoms with van der Waals surface area (Å²) in [6.45, 7) is 0.535. The van der Waals surface area contributed by atoms with Gasteiger partial charge in [0.2, 0.25) is 0 Å². The number of carbonyl (C=O) groups excluding carboxylic acids is 1. The predicted octanol–water partition coefficient (Wildman–Crippen LogP) is 5.32. The number of fused-ring (bicyclic) bond motifs is 1. The first-order valence-electron chi connectivity index (χ1n) is 11.1. The maximum Gasteiger partial charge on any atom is 0.337 e. The summed E-state index contributed by atoms with van der Waals surface area (Å²) >= 11 is 12.1. The molecular formula is C25H22Cl2N2O7S. The number of nitrogens with one attached hydrogen (secondary N) is 1. The maximum atomic E-state index is 13.8. The van der Waals surface area contributed by atoms with Crippen molar-refractivity contribution >= 4 is 56.5 Å². The van der Waals surface area contributed by atoms with Crippen LogP contribution in [-0.2, 0) is 10.0 Å². The number of sulfonamides is 1. The third-order valence-corrected chi connectivity index (χ3v) is 8.04. The van der Waals surface area contributed by atoms with Crippen LogP contribution in [0, 0.1) is 0 Å². The van der Waals surface area contributed by atoms with E-state index in [0.717, 1.165) is 0 Å². The van der Waals surface area contributed by atoms with Crippen molar-refractivity contribution in [1.82, 2.24) is 0 Å². The molecule has 37 heavy (non-hydrogen) atoms.